The number of hydrogen-bond donors (Lipinski definition) is 2. The highest BCUT2D eigenvalue weighted by Crippen LogP contribution is 2.36. The minimum absolute atomic E-state index is 0.00843. The molecule has 0 radical (unpaired) electrons. The first-order valence-electron chi connectivity index (χ1n) is 7.58. The standard InChI is InChI=1S/C13H13F3N8O/c1-23-10-7(8(22-23)13(14,15)16)9(19-20-10)17-12(25)11-21-18-6-4-2-3-5-24(6)11/h2-5H2,1H3,(H2,17,19,20,25). The molecular formula is C13H13F3N8O. The molecule has 4 rings (SSSR count). The highest BCUT2D eigenvalue weighted by Gasteiger charge is 2.39. The molecule has 0 unspecified atom stereocenters. The lowest BCUT2D eigenvalue weighted by molar-refractivity contribution is -0.140. The van der Waals surface area contributed by atoms with Crippen LogP contribution in [0.15, 0.2) is 0 Å². The van der Waals surface area contributed by atoms with Gasteiger partial charge in [0.15, 0.2) is 11.3 Å². The fourth-order valence-corrected chi connectivity index (χ4v) is 2.97. The first-order chi connectivity index (χ1) is 11.9. The summed E-state index contributed by atoms with van der Waals surface area (Å²) in [5, 5.41) is 19.6. The average Bonchev–Trinajstić information content (AvgIpc) is 3.22. The second kappa shape index (κ2) is 5.29. The van der Waals surface area contributed by atoms with Crippen molar-refractivity contribution in [1.82, 2.24) is 34.7 Å². The molecule has 0 aliphatic carbocycles. The number of halogens is 3. The summed E-state index contributed by atoms with van der Waals surface area (Å²) in [6.45, 7) is 0.601. The van der Waals surface area contributed by atoms with E-state index < -0.39 is 17.8 Å². The summed E-state index contributed by atoms with van der Waals surface area (Å²) in [5.74, 6) is -0.0600. The maximum Gasteiger partial charge on any atom is 0.435 e. The number of aromatic nitrogens is 7. The molecule has 9 nitrogen and oxygen atoms in total. The number of carbonyl (C=O) groups excluding carboxylic acids is 1. The van der Waals surface area contributed by atoms with E-state index in [0.717, 1.165) is 23.9 Å². The van der Waals surface area contributed by atoms with Crippen molar-refractivity contribution in [2.24, 2.45) is 7.05 Å². The van der Waals surface area contributed by atoms with E-state index in [0.29, 0.717) is 12.4 Å². The smallest absolute Gasteiger partial charge is 0.307 e. The van der Waals surface area contributed by atoms with Crippen LogP contribution in [0.1, 0.15) is 35.0 Å². The van der Waals surface area contributed by atoms with Crippen LogP contribution >= 0.6 is 0 Å². The number of rotatable bonds is 2. The largest absolute Gasteiger partial charge is 0.435 e. The van der Waals surface area contributed by atoms with Crippen LogP contribution in [0.2, 0.25) is 0 Å². The molecule has 1 aliphatic heterocycles. The summed E-state index contributed by atoms with van der Waals surface area (Å²) >= 11 is 0. The number of H-pyrrole nitrogens is 1. The van der Waals surface area contributed by atoms with Crippen LogP contribution in [0.25, 0.3) is 11.0 Å². The lowest BCUT2D eigenvalue weighted by Gasteiger charge is -2.14. The zero-order valence-corrected chi connectivity index (χ0v) is 13.1. The fraction of sp³-hybridized carbons (Fsp3) is 0.462. The summed E-state index contributed by atoms with van der Waals surface area (Å²) in [6.07, 6.45) is -2.10. The molecule has 0 saturated heterocycles. The third kappa shape index (κ3) is 2.44. The Labute approximate surface area is 138 Å². The number of nitrogens with one attached hydrogen (secondary N) is 2. The van der Waals surface area contributed by atoms with E-state index >= 15 is 0 Å². The van der Waals surface area contributed by atoms with Gasteiger partial charge in [-0.2, -0.15) is 23.4 Å². The SMILES string of the molecule is Cn1nc(C(F)(F)F)c2c(NC(=O)c3nnc4n3CCCC4)[nH]nc21. The van der Waals surface area contributed by atoms with Crippen molar-refractivity contribution in [2.75, 3.05) is 5.32 Å². The number of aromatic amines is 1. The van der Waals surface area contributed by atoms with Crippen LogP contribution < -0.4 is 5.32 Å². The van der Waals surface area contributed by atoms with Gasteiger partial charge in [0, 0.05) is 20.0 Å². The van der Waals surface area contributed by atoms with E-state index in [1.807, 2.05) is 0 Å². The Bertz CT molecular complexity index is 966. The zero-order chi connectivity index (χ0) is 17.8. The fourth-order valence-electron chi connectivity index (χ4n) is 2.97. The quantitative estimate of drug-likeness (QED) is 0.725. The molecule has 1 amide bonds. The molecule has 2 N–H and O–H groups in total. The van der Waals surface area contributed by atoms with Crippen molar-refractivity contribution in [3.8, 4) is 0 Å². The second-order valence-electron chi connectivity index (χ2n) is 5.77. The summed E-state index contributed by atoms with van der Waals surface area (Å²) in [4.78, 5) is 12.5. The van der Waals surface area contributed by atoms with E-state index in [-0.39, 0.29) is 22.7 Å². The molecule has 4 heterocycles. The van der Waals surface area contributed by atoms with Gasteiger partial charge in [-0.05, 0) is 12.8 Å². The third-order valence-corrected chi connectivity index (χ3v) is 4.11. The number of hydrogen-bond acceptors (Lipinski definition) is 5. The van der Waals surface area contributed by atoms with Gasteiger partial charge in [0.2, 0.25) is 5.82 Å². The summed E-state index contributed by atoms with van der Waals surface area (Å²) < 4.78 is 42.2. The molecule has 0 bridgehead atoms. The number of anilines is 1. The van der Waals surface area contributed by atoms with Gasteiger partial charge in [0.1, 0.15) is 11.6 Å². The number of fused-ring (bicyclic) bond motifs is 2. The molecule has 12 heteroatoms. The Hall–Kier alpha value is -2.92. The topological polar surface area (TPSA) is 106 Å². The minimum Gasteiger partial charge on any atom is -0.307 e. The molecule has 0 atom stereocenters. The molecule has 0 aromatic carbocycles. The summed E-state index contributed by atoms with van der Waals surface area (Å²) in [7, 11) is 1.35. The first-order valence-corrected chi connectivity index (χ1v) is 7.58. The van der Waals surface area contributed by atoms with Crippen LogP contribution in [0, 0.1) is 0 Å². The van der Waals surface area contributed by atoms with Crippen molar-refractivity contribution in [1.29, 1.82) is 0 Å². The van der Waals surface area contributed by atoms with Gasteiger partial charge in [-0.1, -0.05) is 0 Å². The van der Waals surface area contributed by atoms with E-state index in [9.17, 15) is 18.0 Å². The third-order valence-electron chi connectivity index (χ3n) is 4.11. The Kier molecular flexibility index (Phi) is 3.30. The molecule has 0 spiro atoms. The average molecular weight is 354 g/mol. The lowest BCUT2D eigenvalue weighted by Crippen LogP contribution is -2.21. The molecule has 132 valence electrons. The Balaban J connectivity index is 1.72. The van der Waals surface area contributed by atoms with Gasteiger partial charge >= 0.3 is 6.18 Å². The first kappa shape index (κ1) is 15.6. The Morgan fingerprint density at radius 2 is 2.08 bits per heavy atom. The van der Waals surface area contributed by atoms with Crippen LogP contribution in [0.5, 0.6) is 0 Å². The minimum atomic E-state index is -4.67. The van der Waals surface area contributed by atoms with Gasteiger partial charge in [-0.15, -0.1) is 10.2 Å². The predicted molar refractivity (Wildman–Crippen MR) is 78.8 cm³/mol. The molecule has 1 aliphatic rings. The summed E-state index contributed by atoms with van der Waals surface area (Å²) in [6, 6.07) is 0. The number of alkyl halides is 3. The van der Waals surface area contributed by atoms with E-state index in [1.165, 1.54) is 7.05 Å². The van der Waals surface area contributed by atoms with Crippen molar-refractivity contribution in [3.63, 3.8) is 0 Å². The molecule has 0 saturated carbocycles. The maximum absolute atomic E-state index is 13.2. The van der Waals surface area contributed by atoms with Crippen LogP contribution in [-0.4, -0.2) is 40.6 Å². The van der Waals surface area contributed by atoms with Gasteiger partial charge in [-0.25, -0.2) is 4.68 Å². The highest BCUT2D eigenvalue weighted by molar-refractivity contribution is 6.06. The Morgan fingerprint density at radius 1 is 1.28 bits per heavy atom. The van der Waals surface area contributed by atoms with Crippen molar-refractivity contribution in [2.45, 2.75) is 32.0 Å². The van der Waals surface area contributed by atoms with Crippen LogP contribution in [-0.2, 0) is 26.2 Å². The molecular weight excluding hydrogens is 341 g/mol. The van der Waals surface area contributed by atoms with E-state index in [4.69, 9.17) is 0 Å². The van der Waals surface area contributed by atoms with Gasteiger partial charge in [0.05, 0.1) is 5.39 Å². The van der Waals surface area contributed by atoms with Gasteiger partial charge in [-0.3, -0.25) is 9.89 Å². The van der Waals surface area contributed by atoms with Crippen molar-refractivity contribution in [3.05, 3.63) is 17.3 Å². The normalized spacial score (nSPS) is 14.7. The summed E-state index contributed by atoms with van der Waals surface area (Å²) in [5.41, 5.74) is -1.12. The second-order valence-corrected chi connectivity index (χ2v) is 5.77. The van der Waals surface area contributed by atoms with Crippen molar-refractivity contribution < 1.29 is 18.0 Å². The molecule has 0 fully saturated rings. The zero-order valence-electron chi connectivity index (χ0n) is 13.1. The number of nitrogens with zero attached hydrogens (tertiary/aromatic N) is 6. The highest BCUT2D eigenvalue weighted by atomic mass is 19.4. The Morgan fingerprint density at radius 3 is 2.84 bits per heavy atom. The maximum atomic E-state index is 13.2. The van der Waals surface area contributed by atoms with Gasteiger partial charge < -0.3 is 9.88 Å². The van der Waals surface area contributed by atoms with Gasteiger partial charge in [0.25, 0.3) is 5.91 Å². The molecule has 25 heavy (non-hydrogen) atoms. The van der Waals surface area contributed by atoms with Crippen LogP contribution in [0.3, 0.4) is 0 Å². The molecule has 3 aromatic heterocycles. The monoisotopic (exact) mass is 354 g/mol. The van der Waals surface area contributed by atoms with E-state index in [1.54, 1.807) is 4.57 Å². The van der Waals surface area contributed by atoms with Crippen LogP contribution in [0.4, 0.5) is 19.0 Å². The number of carbonyl (C=O) groups is 1. The predicted octanol–water partition coefficient (Wildman–Crippen LogP) is 1.50. The lowest BCUT2D eigenvalue weighted by atomic mass is 10.1. The number of amides is 1. The molecule has 3 aromatic rings. The van der Waals surface area contributed by atoms with Crippen molar-refractivity contribution >= 4 is 22.8 Å². The number of aryl methyl sites for hydroxylation is 2. The van der Waals surface area contributed by atoms with E-state index in [2.05, 4.69) is 30.8 Å².